The van der Waals surface area contributed by atoms with E-state index in [0.717, 1.165) is 0 Å². The van der Waals surface area contributed by atoms with E-state index >= 15 is 0 Å². The van der Waals surface area contributed by atoms with Crippen LogP contribution in [-0.2, 0) is 0 Å². The van der Waals surface area contributed by atoms with E-state index in [9.17, 15) is 15.3 Å². The summed E-state index contributed by atoms with van der Waals surface area (Å²) in [6.45, 7) is 0. The van der Waals surface area contributed by atoms with Crippen molar-refractivity contribution < 1.29 is 14.1 Å². The van der Waals surface area contributed by atoms with Crippen molar-refractivity contribution in [3.8, 4) is 11.3 Å². The van der Waals surface area contributed by atoms with Gasteiger partial charge in [0.25, 0.3) is 5.69 Å². The molecule has 23 heavy (non-hydrogen) atoms. The van der Waals surface area contributed by atoms with E-state index in [0.29, 0.717) is 27.5 Å². The smallest absolute Gasteiger partial charge is 0.270 e. The van der Waals surface area contributed by atoms with Crippen LogP contribution in [0.1, 0.15) is 5.76 Å². The second-order valence-electron chi connectivity index (χ2n) is 4.80. The predicted molar refractivity (Wildman–Crippen MR) is 85.7 cm³/mol. The Morgan fingerprint density at radius 1 is 0.870 bits per heavy atom. The highest BCUT2D eigenvalue weighted by molar-refractivity contribution is 5.75. The molecular formula is C17H12N2O4. The Hall–Kier alpha value is -3.41. The molecule has 114 valence electrons. The summed E-state index contributed by atoms with van der Waals surface area (Å²) in [7, 11) is 0. The number of non-ortho nitro benzene ring substituents is 1. The van der Waals surface area contributed by atoms with E-state index in [1.807, 2.05) is 6.07 Å². The van der Waals surface area contributed by atoms with Gasteiger partial charge in [0, 0.05) is 29.8 Å². The number of para-hydroxylation sites is 1. The van der Waals surface area contributed by atoms with Gasteiger partial charge in [0.05, 0.1) is 4.92 Å². The molecule has 6 heteroatoms. The van der Waals surface area contributed by atoms with Gasteiger partial charge in [-0.05, 0) is 12.1 Å². The highest BCUT2D eigenvalue weighted by Crippen LogP contribution is 2.25. The van der Waals surface area contributed by atoms with E-state index in [2.05, 4.69) is 0 Å². The van der Waals surface area contributed by atoms with Gasteiger partial charge in [-0.3, -0.25) is 10.1 Å². The van der Waals surface area contributed by atoms with Crippen molar-refractivity contribution in [3.05, 3.63) is 87.8 Å². The summed E-state index contributed by atoms with van der Waals surface area (Å²) >= 11 is 0. The molecule has 6 nitrogen and oxygen atoms in total. The minimum atomic E-state index is -0.464. The summed E-state index contributed by atoms with van der Waals surface area (Å²) in [4.78, 5) is 10.3. The van der Waals surface area contributed by atoms with Gasteiger partial charge < -0.3 is 9.62 Å². The quantitative estimate of drug-likeness (QED) is 0.239. The Balaban J connectivity index is 1.89. The number of furan rings is 1. The lowest BCUT2D eigenvalue weighted by molar-refractivity contribution is -0.384. The SMILES string of the molecule is O=[N+]([O-])c1cccc(-c2ccc(/C=[N+](/[O-])c3ccccc3)o2)c1. The highest BCUT2D eigenvalue weighted by atomic mass is 16.6. The highest BCUT2D eigenvalue weighted by Gasteiger charge is 2.11. The Kier molecular flexibility index (Phi) is 3.88. The first kappa shape index (κ1) is 14.5. The fourth-order valence-corrected chi connectivity index (χ4v) is 2.12. The molecule has 3 rings (SSSR count). The Morgan fingerprint density at radius 3 is 2.35 bits per heavy atom. The maximum atomic E-state index is 12.0. The van der Waals surface area contributed by atoms with Crippen molar-refractivity contribution in [2.45, 2.75) is 0 Å². The molecule has 0 saturated heterocycles. The van der Waals surface area contributed by atoms with Crippen LogP contribution in [0.4, 0.5) is 11.4 Å². The first-order valence-electron chi connectivity index (χ1n) is 6.84. The normalized spacial score (nSPS) is 11.4. The molecule has 0 amide bonds. The molecule has 0 saturated carbocycles. The Labute approximate surface area is 131 Å². The fraction of sp³-hybridized carbons (Fsp3) is 0. The summed E-state index contributed by atoms with van der Waals surface area (Å²) < 4.78 is 6.28. The molecule has 0 aliphatic heterocycles. The lowest BCUT2D eigenvalue weighted by Crippen LogP contribution is -1.97. The van der Waals surface area contributed by atoms with Crippen LogP contribution >= 0.6 is 0 Å². The Bertz CT molecular complexity index is 869. The standard InChI is InChI=1S/C17H12N2O4/c20-18(14-6-2-1-3-7-14)12-16-9-10-17(23-16)13-5-4-8-15(11-13)19(21)22/h1-12H/b18-12+. The molecule has 2 aromatic carbocycles. The van der Waals surface area contributed by atoms with Gasteiger partial charge in [0.1, 0.15) is 5.76 Å². The van der Waals surface area contributed by atoms with Crippen LogP contribution in [0.3, 0.4) is 0 Å². The number of nitro groups is 1. The molecule has 3 aromatic rings. The van der Waals surface area contributed by atoms with Crippen LogP contribution in [0.2, 0.25) is 0 Å². The van der Waals surface area contributed by atoms with Gasteiger partial charge >= 0.3 is 0 Å². The van der Waals surface area contributed by atoms with Gasteiger partial charge in [-0.1, -0.05) is 30.3 Å². The molecule has 0 spiro atoms. The number of nitro benzene ring substituents is 1. The average Bonchev–Trinajstić information content (AvgIpc) is 3.04. The molecule has 0 N–H and O–H groups in total. The molecule has 0 unspecified atom stereocenters. The third-order valence-electron chi connectivity index (χ3n) is 3.22. The fourth-order valence-electron chi connectivity index (χ4n) is 2.12. The van der Waals surface area contributed by atoms with Crippen molar-refractivity contribution in [2.24, 2.45) is 0 Å². The lowest BCUT2D eigenvalue weighted by Gasteiger charge is -2.01. The molecule has 0 radical (unpaired) electrons. The average molecular weight is 308 g/mol. The predicted octanol–water partition coefficient (Wildman–Crippen LogP) is 4.12. The second-order valence-corrected chi connectivity index (χ2v) is 4.80. The van der Waals surface area contributed by atoms with Crippen LogP contribution in [0.15, 0.2) is 71.1 Å². The van der Waals surface area contributed by atoms with Crippen LogP contribution in [-0.4, -0.2) is 15.9 Å². The van der Waals surface area contributed by atoms with Gasteiger partial charge in [-0.25, -0.2) is 0 Å². The molecule has 1 aromatic heterocycles. The van der Waals surface area contributed by atoms with Crippen molar-refractivity contribution in [3.63, 3.8) is 0 Å². The van der Waals surface area contributed by atoms with Gasteiger partial charge in [0.15, 0.2) is 5.76 Å². The van der Waals surface area contributed by atoms with Crippen molar-refractivity contribution in [1.82, 2.24) is 0 Å². The minimum absolute atomic E-state index is 0.0147. The summed E-state index contributed by atoms with van der Waals surface area (Å²) in [5.41, 5.74) is 1.05. The summed E-state index contributed by atoms with van der Waals surface area (Å²) in [6.07, 6.45) is 1.32. The zero-order valence-corrected chi connectivity index (χ0v) is 12.0. The largest absolute Gasteiger partial charge is 0.618 e. The van der Waals surface area contributed by atoms with E-state index < -0.39 is 4.92 Å². The number of rotatable bonds is 4. The molecule has 0 aliphatic carbocycles. The number of benzene rings is 2. The molecular weight excluding hydrogens is 296 g/mol. The minimum Gasteiger partial charge on any atom is -0.618 e. The van der Waals surface area contributed by atoms with E-state index in [4.69, 9.17) is 4.42 Å². The van der Waals surface area contributed by atoms with Crippen molar-refractivity contribution >= 4 is 17.6 Å². The zero-order chi connectivity index (χ0) is 16.2. The van der Waals surface area contributed by atoms with Crippen molar-refractivity contribution in [1.29, 1.82) is 0 Å². The number of nitrogens with zero attached hydrogens (tertiary/aromatic N) is 2. The Morgan fingerprint density at radius 2 is 1.61 bits per heavy atom. The second kappa shape index (κ2) is 6.15. The van der Waals surface area contributed by atoms with E-state index in [1.54, 1.807) is 48.5 Å². The molecule has 0 atom stereocenters. The maximum Gasteiger partial charge on any atom is 0.270 e. The first-order chi connectivity index (χ1) is 11.1. The van der Waals surface area contributed by atoms with Gasteiger partial charge in [-0.15, -0.1) is 0 Å². The molecule has 1 heterocycles. The van der Waals surface area contributed by atoms with Crippen LogP contribution < -0.4 is 0 Å². The zero-order valence-electron chi connectivity index (χ0n) is 12.0. The van der Waals surface area contributed by atoms with Crippen LogP contribution in [0.5, 0.6) is 0 Å². The van der Waals surface area contributed by atoms with Crippen LogP contribution in [0, 0.1) is 15.3 Å². The molecule has 0 bridgehead atoms. The third-order valence-corrected chi connectivity index (χ3v) is 3.22. The monoisotopic (exact) mass is 308 g/mol. The third kappa shape index (κ3) is 3.26. The molecule has 0 fully saturated rings. The number of hydrogen-bond acceptors (Lipinski definition) is 4. The van der Waals surface area contributed by atoms with Crippen LogP contribution in [0.25, 0.3) is 11.3 Å². The number of hydrogen-bond donors (Lipinski definition) is 0. The lowest BCUT2D eigenvalue weighted by atomic mass is 10.1. The summed E-state index contributed by atoms with van der Waals surface area (Å²) in [6, 6.07) is 18.2. The van der Waals surface area contributed by atoms with Gasteiger partial charge in [0.2, 0.25) is 11.9 Å². The first-order valence-corrected chi connectivity index (χ1v) is 6.84. The molecule has 0 aliphatic rings. The van der Waals surface area contributed by atoms with Crippen molar-refractivity contribution in [2.75, 3.05) is 0 Å². The summed E-state index contributed by atoms with van der Waals surface area (Å²) in [5.74, 6) is 0.826. The topological polar surface area (TPSA) is 82.3 Å². The maximum absolute atomic E-state index is 12.0. The van der Waals surface area contributed by atoms with E-state index in [-0.39, 0.29) is 5.69 Å². The summed E-state index contributed by atoms with van der Waals surface area (Å²) in [5, 5.41) is 22.8. The van der Waals surface area contributed by atoms with Gasteiger partial charge in [-0.2, -0.15) is 4.74 Å². The van der Waals surface area contributed by atoms with E-state index in [1.165, 1.54) is 18.3 Å².